The van der Waals surface area contributed by atoms with E-state index in [4.69, 9.17) is 0 Å². The molecule has 4 aromatic rings. The van der Waals surface area contributed by atoms with E-state index in [1.165, 1.54) is 4.90 Å². The molecule has 4 nitrogen and oxygen atoms in total. The molecule has 1 aliphatic rings. The summed E-state index contributed by atoms with van der Waals surface area (Å²) in [4.78, 5) is 28.7. The first-order valence-electron chi connectivity index (χ1n) is 10.5. The Hall–Kier alpha value is -4.18. The molecule has 0 spiro atoms. The Balaban J connectivity index is 1.67. The molecule has 4 aromatic carbocycles. The summed E-state index contributed by atoms with van der Waals surface area (Å²) in [5, 5.41) is 5.11. The van der Waals surface area contributed by atoms with Gasteiger partial charge in [-0.2, -0.15) is 0 Å². The second-order valence-electron chi connectivity index (χ2n) is 8.00. The fourth-order valence-corrected chi connectivity index (χ4v) is 4.23. The number of imide groups is 1. The minimum absolute atomic E-state index is 0.293. The van der Waals surface area contributed by atoms with E-state index in [2.05, 4.69) is 11.4 Å². The Labute approximate surface area is 186 Å². The summed E-state index contributed by atoms with van der Waals surface area (Å²) in [6.07, 6.45) is 0. The molecule has 0 radical (unpaired) electrons. The Bertz CT molecular complexity index is 1400. The second-order valence-corrected chi connectivity index (χ2v) is 8.00. The van der Waals surface area contributed by atoms with Gasteiger partial charge in [0.15, 0.2) is 0 Å². The maximum Gasteiger partial charge on any atom is 0.282 e. The topological polar surface area (TPSA) is 49.4 Å². The molecule has 156 valence electrons. The van der Waals surface area contributed by atoms with Crippen LogP contribution in [0.25, 0.3) is 16.3 Å². The van der Waals surface area contributed by atoms with Gasteiger partial charge in [0.2, 0.25) is 0 Å². The van der Waals surface area contributed by atoms with E-state index in [1.807, 2.05) is 98.8 Å². The number of hydrogen-bond donors (Lipinski definition) is 1. The minimum Gasteiger partial charge on any atom is -0.350 e. The van der Waals surface area contributed by atoms with Gasteiger partial charge in [0.1, 0.15) is 5.70 Å². The zero-order valence-corrected chi connectivity index (χ0v) is 17.9. The van der Waals surface area contributed by atoms with Crippen LogP contribution in [0.3, 0.4) is 0 Å². The van der Waals surface area contributed by atoms with Gasteiger partial charge in [-0.3, -0.25) is 9.59 Å². The SMILES string of the molecule is Cc1ccc(NC2=C(c3ccccc3)C(=O)N(c3cccc4ccccc34)C2=O)c(C)c1. The quantitative estimate of drug-likeness (QED) is 0.423. The third-order valence-corrected chi connectivity index (χ3v) is 5.80. The molecule has 0 saturated carbocycles. The smallest absolute Gasteiger partial charge is 0.282 e. The first kappa shape index (κ1) is 19.8. The van der Waals surface area contributed by atoms with Crippen molar-refractivity contribution < 1.29 is 9.59 Å². The number of rotatable bonds is 4. The van der Waals surface area contributed by atoms with Crippen LogP contribution in [0.4, 0.5) is 11.4 Å². The van der Waals surface area contributed by atoms with Gasteiger partial charge in [0.05, 0.1) is 11.3 Å². The highest BCUT2D eigenvalue weighted by Gasteiger charge is 2.40. The molecule has 1 heterocycles. The van der Waals surface area contributed by atoms with Gasteiger partial charge in [0, 0.05) is 11.1 Å². The Morgan fingerprint density at radius 3 is 2.22 bits per heavy atom. The molecule has 0 fully saturated rings. The van der Waals surface area contributed by atoms with E-state index in [1.54, 1.807) is 0 Å². The fourth-order valence-electron chi connectivity index (χ4n) is 4.23. The summed E-state index contributed by atoms with van der Waals surface area (Å²) in [7, 11) is 0. The van der Waals surface area contributed by atoms with Crippen molar-refractivity contribution in [2.45, 2.75) is 13.8 Å². The standard InChI is InChI=1S/C28H22N2O2/c1-18-15-16-23(19(2)17-18)29-26-25(21-10-4-3-5-11-21)27(31)30(28(26)32)24-14-8-12-20-9-6-7-13-22(20)24/h3-17,29H,1-2H3. The van der Waals surface area contributed by atoms with Crippen LogP contribution in [0.2, 0.25) is 0 Å². The van der Waals surface area contributed by atoms with Crippen LogP contribution < -0.4 is 10.2 Å². The van der Waals surface area contributed by atoms with Crippen molar-refractivity contribution in [3.8, 4) is 0 Å². The molecule has 5 rings (SSSR count). The Kier molecular flexibility index (Phi) is 4.83. The van der Waals surface area contributed by atoms with Gasteiger partial charge in [-0.05, 0) is 42.5 Å². The molecule has 0 unspecified atom stereocenters. The van der Waals surface area contributed by atoms with E-state index < -0.39 is 0 Å². The van der Waals surface area contributed by atoms with Gasteiger partial charge >= 0.3 is 0 Å². The number of nitrogens with zero attached hydrogens (tertiary/aromatic N) is 1. The molecule has 32 heavy (non-hydrogen) atoms. The summed E-state index contributed by atoms with van der Waals surface area (Å²) >= 11 is 0. The maximum atomic E-state index is 13.7. The number of nitrogens with one attached hydrogen (secondary N) is 1. The van der Waals surface area contributed by atoms with E-state index in [0.717, 1.165) is 27.6 Å². The number of carbonyl (C=O) groups excluding carboxylic acids is 2. The number of aryl methyl sites for hydroxylation is 2. The average molecular weight is 418 g/mol. The average Bonchev–Trinajstić information content (AvgIpc) is 3.05. The minimum atomic E-state index is -0.356. The number of benzene rings is 4. The van der Waals surface area contributed by atoms with Crippen LogP contribution in [-0.4, -0.2) is 11.8 Å². The first-order valence-corrected chi connectivity index (χ1v) is 10.5. The second kappa shape index (κ2) is 7.82. The lowest BCUT2D eigenvalue weighted by Crippen LogP contribution is -2.32. The van der Waals surface area contributed by atoms with Crippen LogP contribution in [-0.2, 0) is 9.59 Å². The molecule has 2 amide bonds. The fraction of sp³-hybridized carbons (Fsp3) is 0.0714. The Morgan fingerprint density at radius 1 is 0.719 bits per heavy atom. The molecule has 1 N–H and O–H groups in total. The highest BCUT2D eigenvalue weighted by molar-refractivity contribution is 6.47. The third kappa shape index (κ3) is 3.26. The first-order chi connectivity index (χ1) is 15.5. The number of fused-ring (bicyclic) bond motifs is 1. The van der Waals surface area contributed by atoms with Gasteiger partial charge in [-0.25, -0.2) is 4.90 Å². The molecule has 0 aromatic heterocycles. The lowest BCUT2D eigenvalue weighted by Gasteiger charge is -2.18. The van der Waals surface area contributed by atoms with E-state index in [9.17, 15) is 9.59 Å². The molecule has 0 aliphatic carbocycles. The third-order valence-electron chi connectivity index (χ3n) is 5.80. The van der Waals surface area contributed by atoms with E-state index in [0.29, 0.717) is 22.5 Å². The van der Waals surface area contributed by atoms with Crippen LogP contribution in [0.1, 0.15) is 16.7 Å². The van der Waals surface area contributed by atoms with E-state index in [-0.39, 0.29) is 11.8 Å². The lowest BCUT2D eigenvalue weighted by atomic mass is 10.0. The summed E-state index contributed by atoms with van der Waals surface area (Å²) in [5.41, 5.74) is 4.92. The predicted molar refractivity (Wildman–Crippen MR) is 129 cm³/mol. The van der Waals surface area contributed by atoms with Crippen molar-refractivity contribution in [3.63, 3.8) is 0 Å². The molecule has 1 aliphatic heterocycles. The molecule has 0 bridgehead atoms. The lowest BCUT2D eigenvalue weighted by molar-refractivity contribution is -0.120. The van der Waals surface area contributed by atoms with Gasteiger partial charge < -0.3 is 5.32 Å². The summed E-state index contributed by atoms with van der Waals surface area (Å²) in [6.45, 7) is 4.01. The van der Waals surface area contributed by atoms with Crippen LogP contribution in [0.5, 0.6) is 0 Å². The molecular formula is C28H22N2O2. The summed E-state index contributed by atoms with van der Waals surface area (Å²) < 4.78 is 0. The molecule has 0 saturated heterocycles. The molecule has 0 atom stereocenters. The van der Waals surface area contributed by atoms with Crippen molar-refractivity contribution in [3.05, 3.63) is 113 Å². The number of amides is 2. The molecular weight excluding hydrogens is 396 g/mol. The van der Waals surface area contributed by atoms with Crippen molar-refractivity contribution in [2.24, 2.45) is 0 Å². The van der Waals surface area contributed by atoms with Gasteiger partial charge in [0.25, 0.3) is 11.8 Å². The van der Waals surface area contributed by atoms with Gasteiger partial charge in [-0.15, -0.1) is 0 Å². The maximum absolute atomic E-state index is 13.7. The normalized spacial score (nSPS) is 13.9. The number of anilines is 2. The summed E-state index contributed by atoms with van der Waals surface area (Å²) in [5.74, 6) is -0.685. The molecule has 4 heteroatoms. The van der Waals surface area contributed by atoms with Gasteiger partial charge in [-0.1, -0.05) is 84.4 Å². The van der Waals surface area contributed by atoms with Crippen molar-refractivity contribution >= 4 is 39.5 Å². The zero-order valence-electron chi connectivity index (χ0n) is 17.9. The number of hydrogen-bond acceptors (Lipinski definition) is 3. The van der Waals surface area contributed by atoms with Crippen molar-refractivity contribution in [1.29, 1.82) is 0 Å². The Morgan fingerprint density at radius 2 is 1.44 bits per heavy atom. The van der Waals surface area contributed by atoms with Crippen molar-refractivity contribution in [2.75, 3.05) is 10.2 Å². The highest BCUT2D eigenvalue weighted by Crippen LogP contribution is 2.37. The highest BCUT2D eigenvalue weighted by atomic mass is 16.2. The van der Waals surface area contributed by atoms with Crippen LogP contribution >= 0.6 is 0 Å². The zero-order chi connectivity index (χ0) is 22.2. The predicted octanol–water partition coefficient (Wildman–Crippen LogP) is 5.85. The summed E-state index contributed by atoms with van der Waals surface area (Å²) in [6, 6.07) is 28.8. The largest absolute Gasteiger partial charge is 0.350 e. The van der Waals surface area contributed by atoms with Crippen LogP contribution in [0.15, 0.2) is 96.7 Å². The monoisotopic (exact) mass is 418 g/mol. The van der Waals surface area contributed by atoms with Crippen LogP contribution in [0, 0.1) is 13.8 Å². The van der Waals surface area contributed by atoms with E-state index >= 15 is 0 Å². The number of carbonyl (C=O) groups is 2. The van der Waals surface area contributed by atoms with Crippen molar-refractivity contribution in [1.82, 2.24) is 0 Å².